The number of carbonyl (C=O) groups is 1. The molecule has 3 aromatic carbocycles. The van der Waals surface area contributed by atoms with Crippen molar-refractivity contribution in [3.05, 3.63) is 78.1 Å². The van der Waals surface area contributed by atoms with Crippen molar-refractivity contribution in [2.24, 2.45) is 0 Å². The maximum atomic E-state index is 13.0. The van der Waals surface area contributed by atoms with Crippen molar-refractivity contribution >= 4 is 27.3 Å². The Morgan fingerprint density at radius 2 is 1.59 bits per heavy atom. The van der Waals surface area contributed by atoms with Gasteiger partial charge in [-0.3, -0.25) is 9.52 Å². The maximum Gasteiger partial charge on any atom is 0.261 e. The zero-order valence-corrected chi connectivity index (χ0v) is 18.4. The highest BCUT2D eigenvalue weighted by molar-refractivity contribution is 7.92. The van der Waals surface area contributed by atoms with Crippen molar-refractivity contribution in [1.82, 2.24) is 0 Å². The third kappa shape index (κ3) is 5.98. The van der Waals surface area contributed by atoms with Crippen molar-refractivity contribution in [2.45, 2.75) is 18.2 Å². The Labute approximate surface area is 186 Å². The van der Waals surface area contributed by atoms with Crippen LogP contribution < -0.4 is 19.5 Å². The average molecular weight is 459 g/mol. The van der Waals surface area contributed by atoms with Crippen LogP contribution in [-0.2, 0) is 21.2 Å². The first-order valence-corrected chi connectivity index (χ1v) is 11.3. The number of benzene rings is 3. The van der Waals surface area contributed by atoms with Gasteiger partial charge in [0.1, 0.15) is 5.82 Å². The summed E-state index contributed by atoms with van der Waals surface area (Å²) in [7, 11) is -2.32. The van der Waals surface area contributed by atoms with E-state index >= 15 is 0 Å². The van der Waals surface area contributed by atoms with Crippen LogP contribution in [0.5, 0.6) is 11.5 Å². The van der Waals surface area contributed by atoms with Crippen molar-refractivity contribution in [1.29, 1.82) is 0 Å². The van der Waals surface area contributed by atoms with Crippen molar-refractivity contribution in [3.63, 3.8) is 0 Å². The van der Waals surface area contributed by atoms with Gasteiger partial charge in [0.2, 0.25) is 5.91 Å². The number of methoxy groups -OCH3 is 1. The van der Waals surface area contributed by atoms with Gasteiger partial charge in [-0.05, 0) is 61.0 Å². The Kier molecular flexibility index (Phi) is 7.32. The lowest BCUT2D eigenvalue weighted by atomic mass is 10.1. The fraction of sp³-hybridized carbons (Fsp3) is 0.174. The van der Waals surface area contributed by atoms with Crippen LogP contribution in [0.2, 0.25) is 0 Å². The second-order valence-corrected chi connectivity index (χ2v) is 8.46. The zero-order chi connectivity index (χ0) is 23.1. The topological polar surface area (TPSA) is 93.7 Å². The number of carbonyl (C=O) groups excluding carboxylic acids is 1. The first-order valence-electron chi connectivity index (χ1n) is 9.78. The molecule has 168 valence electrons. The molecular formula is C23H23FN2O5S. The molecule has 0 unspecified atom stereocenters. The smallest absolute Gasteiger partial charge is 0.261 e. The summed E-state index contributed by atoms with van der Waals surface area (Å²) in [4.78, 5) is 12.3. The van der Waals surface area contributed by atoms with Crippen LogP contribution in [0.4, 0.5) is 15.8 Å². The number of ether oxygens (including phenoxy) is 2. The lowest BCUT2D eigenvalue weighted by Gasteiger charge is -2.12. The van der Waals surface area contributed by atoms with Gasteiger partial charge in [0, 0.05) is 17.4 Å². The summed E-state index contributed by atoms with van der Waals surface area (Å²) in [5, 5.41) is 2.80. The van der Waals surface area contributed by atoms with Gasteiger partial charge >= 0.3 is 0 Å². The molecule has 0 fully saturated rings. The fourth-order valence-corrected chi connectivity index (χ4v) is 3.99. The summed E-state index contributed by atoms with van der Waals surface area (Å²) in [5.74, 6) is 0.347. The molecule has 2 N–H and O–H groups in total. The number of halogens is 1. The summed E-state index contributed by atoms with van der Waals surface area (Å²) in [5.41, 5.74) is 1.60. The second kappa shape index (κ2) is 10.1. The van der Waals surface area contributed by atoms with E-state index in [1.807, 2.05) is 6.92 Å². The SMILES string of the molecule is CCOc1ccc(NC(=O)Cc2ccc(NS(=O)(=O)c3ccc(F)cc3)cc2)cc1OC. The molecule has 0 aliphatic heterocycles. The van der Waals surface area contributed by atoms with E-state index in [0.717, 1.165) is 12.1 Å². The monoisotopic (exact) mass is 458 g/mol. The number of sulfonamides is 1. The van der Waals surface area contributed by atoms with Gasteiger partial charge < -0.3 is 14.8 Å². The Morgan fingerprint density at radius 1 is 0.938 bits per heavy atom. The number of amides is 1. The molecule has 7 nitrogen and oxygen atoms in total. The van der Waals surface area contributed by atoms with Crippen molar-refractivity contribution in [3.8, 4) is 11.5 Å². The molecule has 0 aliphatic carbocycles. The van der Waals surface area contributed by atoms with E-state index < -0.39 is 15.8 Å². The third-order valence-corrected chi connectivity index (χ3v) is 5.84. The van der Waals surface area contributed by atoms with E-state index in [1.165, 1.54) is 19.2 Å². The normalized spacial score (nSPS) is 11.0. The van der Waals surface area contributed by atoms with Gasteiger partial charge in [-0.2, -0.15) is 0 Å². The Balaban J connectivity index is 1.62. The fourth-order valence-electron chi connectivity index (χ4n) is 2.93. The molecule has 0 spiro atoms. The van der Waals surface area contributed by atoms with Gasteiger partial charge in [0.15, 0.2) is 11.5 Å². The molecular weight excluding hydrogens is 435 g/mol. The van der Waals surface area contributed by atoms with E-state index in [9.17, 15) is 17.6 Å². The molecule has 9 heteroatoms. The van der Waals surface area contributed by atoms with Crippen LogP contribution in [-0.4, -0.2) is 28.0 Å². The highest BCUT2D eigenvalue weighted by atomic mass is 32.2. The molecule has 3 rings (SSSR count). The van der Waals surface area contributed by atoms with Crippen LogP contribution in [0.15, 0.2) is 71.6 Å². The number of hydrogen-bond donors (Lipinski definition) is 2. The number of rotatable bonds is 9. The zero-order valence-electron chi connectivity index (χ0n) is 17.6. The van der Waals surface area contributed by atoms with Crippen LogP contribution in [0.3, 0.4) is 0 Å². The van der Waals surface area contributed by atoms with E-state index in [4.69, 9.17) is 9.47 Å². The van der Waals surface area contributed by atoms with Gasteiger partial charge in [-0.1, -0.05) is 12.1 Å². The third-order valence-electron chi connectivity index (χ3n) is 4.44. The molecule has 0 atom stereocenters. The minimum atomic E-state index is -3.84. The van der Waals surface area contributed by atoms with Crippen molar-refractivity contribution in [2.75, 3.05) is 23.8 Å². The van der Waals surface area contributed by atoms with E-state index in [0.29, 0.717) is 35.0 Å². The maximum absolute atomic E-state index is 13.0. The minimum absolute atomic E-state index is 0.0480. The Bertz CT molecular complexity index is 1180. The summed E-state index contributed by atoms with van der Waals surface area (Å²) < 4.78 is 50.9. The highest BCUT2D eigenvalue weighted by Gasteiger charge is 2.14. The van der Waals surface area contributed by atoms with Gasteiger partial charge in [-0.25, -0.2) is 12.8 Å². The van der Waals surface area contributed by atoms with Crippen molar-refractivity contribution < 1.29 is 27.1 Å². The summed E-state index contributed by atoms with van der Waals surface area (Å²) in [6, 6.07) is 16.1. The number of hydrogen-bond acceptors (Lipinski definition) is 5. The number of nitrogens with one attached hydrogen (secondary N) is 2. The summed E-state index contributed by atoms with van der Waals surface area (Å²) in [6.07, 6.45) is 0.0977. The van der Waals surface area contributed by atoms with Gasteiger partial charge in [0.25, 0.3) is 10.0 Å². The van der Waals surface area contributed by atoms with Crippen LogP contribution in [0.25, 0.3) is 0 Å². The lowest BCUT2D eigenvalue weighted by molar-refractivity contribution is -0.115. The summed E-state index contributed by atoms with van der Waals surface area (Å²) >= 11 is 0. The molecule has 1 amide bonds. The highest BCUT2D eigenvalue weighted by Crippen LogP contribution is 2.30. The van der Waals surface area contributed by atoms with Crippen LogP contribution in [0, 0.1) is 5.82 Å². The molecule has 0 radical (unpaired) electrons. The first kappa shape index (κ1) is 23.1. The predicted octanol–water partition coefficient (Wildman–Crippen LogP) is 4.22. The lowest BCUT2D eigenvalue weighted by Crippen LogP contribution is -2.15. The molecule has 32 heavy (non-hydrogen) atoms. The van der Waals surface area contributed by atoms with Crippen LogP contribution in [0.1, 0.15) is 12.5 Å². The Morgan fingerprint density at radius 3 is 2.22 bits per heavy atom. The molecule has 0 saturated carbocycles. The second-order valence-electron chi connectivity index (χ2n) is 6.78. The Hall–Kier alpha value is -3.59. The average Bonchev–Trinajstić information content (AvgIpc) is 2.76. The molecule has 0 heterocycles. The minimum Gasteiger partial charge on any atom is -0.493 e. The number of anilines is 2. The quantitative estimate of drug-likeness (QED) is 0.501. The van der Waals surface area contributed by atoms with Crippen LogP contribution >= 0.6 is 0 Å². The molecule has 0 saturated heterocycles. The van der Waals surface area contributed by atoms with E-state index in [1.54, 1.807) is 42.5 Å². The molecule has 0 aromatic heterocycles. The van der Waals surface area contributed by atoms with E-state index in [2.05, 4.69) is 10.0 Å². The largest absolute Gasteiger partial charge is 0.493 e. The van der Waals surface area contributed by atoms with Gasteiger partial charge in [0.05, 0.1) is 25.0 Å². The van der Waals surface area contributed by atoms with E-state index in [-0.39, 0.29) is 17.2 Å². The summed E-state index contributed by atoms with van der Waals surface area (Å²) in [6.45, 7) is 2.37. The standard InChI is InChI=1S/C23H23FN2O5S/c1-3-31-21-13-10-19(15-22(21)30-2)25-23(27)14-16-4-8-18(9-5-16)26-32(28,29)20-11-6-17(24)7-12-20/h4-13,15,26H,3,14H2,1-2H3,(H,25,27). The predicted molar refractivity (Wildman–Crippen MR) is 120 cm³/mol. The first-order chi connectivity index (χ1) is 15.3. The molecule has 3 aromatic rings. The molecule has 0 aliphatic rings. The van der Waals surface area contributed by atoms with Gasteiger partial charge in [-0.15, -0.1) is 0 Å². The molecule has 0 bridgehead atoms.